The first-order valence-corrected chi connectivity index (χ1v) is 12.9. The van der Waals surface area contributed by atoms with Gasteiger partial charge in [0.1, 0.15) is 11.5 Å². The average Bonchev–Trinajstić information content (AvgIpc) is 3.39. The number of H-pyrrole nitrogens is 1. The Hall–Kier alpha value is -3.76. The molecule has 2 aromatic carbocycles. The number of hydrogen-bond donors (Lipinski definition) is 4. The zero-order valence-electron chi connectivity index (χ0n) is 21.0. The number of carbonyl (C=O) groups is 3. The van der Waals surface area contributed by atoms with E-state index in [9.17, 15) is 18.8 Å². The van der Waals surface area contributed by atoms with Gasteiger partial charge >= 0.3 is 0 Å². The van der Waals surface area contributed by atoms with Gasteiger partial charge in [0.15, 0.2) is 5.69 Å². The topological polar surface area (TPSA) is 119 Å². The molecule has 200 valence electrons. The van der Waals surface area contributed by atoms with E-state index in [4.69, 9.17) is 11.6 Å². The summed E-state index contributed by atoms with van der Waals surface area (Å²) in [5.74, 6) is -1.19. The van der Waals surface area contributed by atoms with Crippen molar-refractivity contribution in [3.8, 4) is 0 Å². The van der Waals surface area contributed by atoms with Crippen molar-refractivity contribution < 1.29 is 18.8 Å². The number of anilines is 2. The van der Waals surface area contributed by atoms with Crippen LogP contribution >= 0.6 is 11.6 Å². The highest BCUT2D eigenvalue weighted by molar-refractivity contribution is 6.34. The summed E-state index contributed by atoms with van der Waals surface area (Å²) >= 11 is 5.94. The Morgan fingerprint density at radius 3 is 2.34 bits per heavy atom. The molecule has 0 radical (unpaired) electrons. The van der Waals surface area contributed by atoms with E-state index in [1.54, 1.807) is 24.3 Å². The third kappa shape index (κ3) is 7.17. The van der Waals surface area contributed by atoms with Crippen molar-refractivity contribution in [1.82, 2.24) is 20.2 Å². The zero-order valence-corrected chi connectivity index (χ0v) is 21.8. The second-order valence-corrected chi connectivity index (χ2v) is 9.78. The van der Waals surface area contributed by atoms with Crippen molar-refractivity contribution >= 4 is 40.7 Å². The fourth-order valence-corrected chi connectivity index (χ4v) is 4.47. The van der Waals surface area contributed by atoms with E-state index in [0.717, 1.165) is 44.1 Å². The van der Waals surface area contributed by atoms with E-state index in [2.05, 4.69) is 37.7 Å². The summed E-state index contributed by atoms with van der Waals surface area (Å²) in [6.45, 7) is 5.88. The van der Waals surface area contributed by atoms with Crippen LogP contribution in [0.25, 0.3) is 0 Å². The summed E-state index contributed by atoms with van der Waals surface area (Å²) in [4.78, 5) is 47.0. The summed E-state index contributed by atoms with van der Waals surface area (Å²) in [6.07, 6.45) is 4.54. The van der Waals surface area contributed by atoms with Crippen LogP contribution in [-0.2, 0) is 0 Å². The van der Waals surface area contributed by atoms with Gasteiger partial charge in [0, 0.05) is 17.9 Å². The van der Waals surface area contributed by atoms with E-state index in [1.165, 1.54) is 25.2 Å². The van der Waals surface area contributed by atoms with Crippen molar-refractivity contribution in [2.75, 3.05) is 36.8 Å². The van der Waals surface area contributed by atoms with Crippen LogP contribution < -0.4 is 16.0 Å². The second kappa shape index (κ2) is 12.7. The minimum absolute atomic E-state index is 0.00226. The molecule has 0 unspecified atom stereocenters. The first-order chi connectivity index (χ1) is 18.3. The smallest absolute Gasteiger partial charge is 0.274 e. The Morgan fingerprint density at radius 1 is 1.03 bits per heavy atom. The van der Waals surface area contributed by atoms with Gasteiger partial charge in [0.2, 0.25) is 0 Å². The second-order valence-electron chi connectivity index (χ2n) is 9.37. The first-order valence-electron chi connectivity index (χ1n) is 12.5. The van der Waals surface area contributed by atoms with E-state index in [-0.39, 0.29) is 22.0 Å². The highest BCUT2D eigenvalue weighted by Gasteiger charge is 2.21. The Kier molecular flexibility index (Phi) is 9.09. The van der Waals surface area contributed by atoms with Crippen LogP contribution in [-0.4, -0.2) is 58.8 Å². The maximum Gasteiger partial charge on any atom is 0.274 e. The van der Waals surface area contributed by atoms with Gasteiger partial charge < -0.3 is 25.8 Å². The van der Waals surface area contributed by atoms with Crippen molar-refractivity contribution in [3.05, 3.63) is 76.6 Å². The summed E-state index contributed by atoms with van der Waals surface area (Å²) in [5, 5.41) is 8.22. The van der Waals surface area contributed by atoms with Crippen LogP contribution in [0.3, 0.4) is 0 Å². The van der Waals surface area contributed by atoms with E-state index in [0.29, 0.717) is 17.9 Å². The highest BCUT2D eigenvalue weighted by Crippen LogP contribution is 2.20. The number of halogens is 2. The zero-order chi connectivity index (χ0) is 27.1. The normalized spacial score (nSPS) is 14.2. The van der Waals surface area contributed by atoms with E-state index >= 15 is 0 Å². The molecular formula is C27H30ClFN6O3. The number of benzene rings is 2. The SMILES string of the molecule is CC1CCN(CCCNC(=O)c2nc[nH]c2C(=O)Nc2ccc(NC(=O)c3ccc(F)cc3Cl)cc2)CC1. The first kappa shape index (κ1) is 27.3. The van der Waals surface area contributed by atoms with Crippen LogP contribution in [0.4, 0.5) is 15.8 Å². The lowest BCUT2D eigenvalue weighted by Gasteiger charge is -2.30. The molecule has 1 aliphatic heterocycles. The van der Waals surface area contributed by atoms with Crippen LogP contribution in [0.5, 0.6) is 0 Å². The lowest BCUT2D eigenvalue weighted by atomic mass is 9.99. The lowest BCUT2D eigenvalue weighted by molar-refractivity contribution is 0.0932. The molecule has 3 amide bonds. The molecular weight excluding hydrogens is 511 g/mol. The molecule has 4 rings (SSSR count). The Labute approximate surface area is 225 Å². The van der Waals surface area contributed by atoms with Gasteiger partial charge in [-0.1, -0.05) is 18.5 Å². The molecule has 4 N–H and O–H groups in total. The third-order valence-electron chi connectivity index (χ3n) is 6.47. The van der Waals surface area contributed by atoms with Gasteiger partial charge in [-0.15, -0.1) is 0 Å². The Morgan fingerprint density at radius 2 is 1.68 bits per heavy atom. The molecule has 3 aromatic rings. The molecule has 1 fully saturated rings. The molecule has 0 bridgehead atoms. The number of carbonyl (C=O) groups excluding carboxylic acids is 3. The van der Waals surface area contributed by atoms with Gasteiger partial charge in [0.05, 0.1) is 16.9 Å². The van der Waals surface area contributed by atoms with Gasteiger partial charge in [-0.25, -0.2) is 9.37 Å². The Balaban J connectivity index is 1.27. The van der Waals surface area contributed by atoms with Crippen LogP contribution in [0.2, 0.25) is 5.02 Å². The molecule has 11 heteroatoms. The van der Waals surface area contributed by atoms with E-state index < -0.39 is 23.5 Å². The monoisotopic (exact) mass is 540 g/mol. The molecule has 2 heterocycles. The molecule has 38 heavy (non-hydrogen) atoms. The molecule has 1 aromatic heterocycles. The number of aromatic amines is 1. The number of aromatic nitrogens is 2. The number of amides is 3. The molecule has 0 spiro atoms. The molecule has 1 saturated heterocycles. The number of nitrogens with one attached hydrogen (secondary N) is 4. The van der Waals surface area contributed by atoms with Crippen molar-refractivity contribution in [2.45, 2.75) is 26.2 Å². The molecule has 1 aliphatic rings. The van der Waals surface area contributed by atoms with Crippen molar-refractivity contribution in [3.63, 3.8) is 0 Å². The number of imidazole rings is 1. The van der Waals surface area contributed by atoms with Gasteiger partial charge in [-0.3, -0.25) is 14.4 Å². The summed E-state index contributed by atoms with van der Waals surface area (Å²) in [6, 6.07) is 9.89. The Bertz CT molecular complexity index is 1290. The molecule has 0 atom stereocenters. The summed E-state index contributed by atoms with van der Waals surface area (Å²) < 4.78 is 13.2. The average molecular weight is 541 g/mol. The fourth-order valence-electron chi connectivity index (χ4n) is 4.22. The quantitative estimate of drug-likeness (QED) is 0.297. The van der Waals surface area contributed by atoms with Crippen LogP contribution in [0, 0.1) is 11.7 Å². The number of rotatable bonds is 9. The minimum Gasteiger partial charge on any atom is -0.351 e. The minimum atomic E-state index is -0.535. The standard InChI is InChI=1S/C27H30ClFN6O3/c1-17-9-13-35(14-10-17)12-2-11-30-26(37)23-24(32-16-31-23)27(38)34-20-6-4-19(5-7-20)33-25(36)21-8-3-18(29)15-22(21)28/h3-8,15-17H,2,9-14H2,1H3,(H,30,37)(H,31,32)(H,33,36)(H,34,38). The lowest BCUT2D eigenvalue weighted by Crippen LogP contribution is -2.35. The summed E-state index contributed by atoms with van der Waals surface area (Å²) in [7, 11) is 0. The molecule has 0 saturated carbocycles. The maximum atomic E-state index is 13.2. The largest absolute Gasteiger partial charge is 0.351 e. The number of nitrogens with zero attached hydrogens (tertiary/aromatic N) is 2. The number of piperidine rings is 1. The molecule has 0 aliphatic carbocycles. The van der Waals surface area contributed by atoms with E-state index in [1.807, 2.05) is 0 Å². The summed E-state index contributed by atoms with van der Waals surface area (Å²) in [5.41, 5.74) is 1.11. The predicted molar refractivity (Wildman–Crippen MR) is 144 cm³/mol. The number of likely N-dealkylation sites (tertiary alicyclic amines) is 1. The van der Waals surface area contributed by atoms with Gasteiger partial charge in [-0.2, -0.15) is 0 Å². The highest BCUT2D eigenvalue weighted by atomic mass is 35.5. The molecule has 9 nitrogen and oxygen atoms in total. The van der Waals surface area contributed by atoms with Gasteiger partial charge in [-0.05, 0) is 87.3 Å². The van der Waals surface area contributed by atoms with Gasteiger partial charge in [0.25, 0.3) is 17.7 Å². The van der Waals surface area contributed by atoms with Crippen LogP contribution in [0.15, 0.2) is 48.8 Å². The number of hydrogen-bond acceptors (Lipinski definition) is 5. The predicted octanol–water partition coefficient (Wildman–Crippen LogP) is 4.56. The van der Waals surface area contributed by atoms with Crippen molar-refractivity contribution in [2.24, 2.45) is 5.92 Å². The van der Waals surface area contributed by atoms with Crippen LogP contribution in [0.1, 0.15) is 57.5 Å². The third-order valence-corrected chi connectivity index (χ3v) is 6.78. The van der Waals surface area contributed by atoms with Crippen molar-refractivity contribution in [1.29, 1.82) is 0 Å². The maximum absolute atomic E-state index is 13.2. The fraction of sp³-hybridized carbons (Fsp3) is 0.333.